The third kappa shape index (κ3) is 5.37. The van der Waals surface area contributed by atoms with Crippen LogP contribution in [0.4, 0.5) is 4.79 Å². The van der Waals surface area contributed by atoms with Crippen molar-refractivity contribution in [3.63, 3.8) is 0 Å². The first-order valence-corrected chi connectivity index (χ1v) is 8.28. The second-order valence-electron chi connectivity index (χ2n) is 4.66. The number of halogens is 2. The number of carbonyl (C=O) groups excluding carboxylic acids is 1. The van der Waals surface area contributed by atoms with Crippen molar-refractivity contribution in [3.8, 4) is 0 Å². The van der Waals surface area contributed by atoms with E-state index in [4.69, 9.17) is 9.47 Å². The zero-order chi connectivity index (χ0) is 11.5. The second kappa shape index (κ2) is 6.06. The maximum atomic E-state index is 11.4. The van der Waals surface area contributed by atoms with Crippen LogP contribution in [0.15, 0.2) is 0 Å². The van der Waals surface area contributed by atoms with Crippen LogP contribution in [0.3, 0.4) is 0 Å². The molecule has 2 aliphatic rings. The van der Waals surface area contributed by atoms with Gasteiger partial charge in [0.15, 0.2) is 8.22 Å². The molecule has 0 aliphatic heterocycles. The van der Waals surface area contributed by atoms with E-state index in [2.05, 4.69) is 45.2 Å². The Balaban J connectivity index is 1.57. The molecular weight excluding hydrogens is 434 g/mol. The van der Waals surface area contributed by atoms with E-state index >= 15 is 0 Å². The van der Waals surface area contributed by atoms with Gasteiger partial charge < -0.3 is 9.47 Å². The lowest BCUT2D eigenvalue weighted by atomic mass is 10.3. The fraction of sp³-hybridized carbons (Fsp3) is 0.909. The molecule has 3 nitrogen and oxygen atoms in total. The van der Waals surface area contributed by atoms with Crippen LogP contribution < -0.4 is 0 Å². The van der Waals surface area contributed by atoms with E-state index < -0.39 is 6.16 Å². The summed E-state index contributed by atoms with van der Waals surface area (Å²) < 4.78 is 10.3. The average Bonchev–Trinajstić information content (AvgIpc) is 2.98. The average molecular weight is 450 g/mol. The van der Waals surface area contributed by atoms with Gasteiger partial charge in [0.05, 0.1) is 0 Å². The van der Waals surface area contributed by atoms with Crippen molar-refractivity contribution in [2.75, 3.05) is 0 Å². The Bertz CT molecular complexity index is 228. The Morgan fingerprint density at radius 2 is 1.38 bits per heavy atom. The van der Waals surface area contributed by atoms with Crippen molar-refractivity contribution in [2.24, 2.45) is 11.8 Å². The Morgan fingerprint density at radius 3 is 1.69 bits per heavy atom. The molecule has 2 fully saturated rings. The number of ether oxygens (including phenoxy) is 2. The van der Waals surface area contributed by atoms with Gasteiger partial charge in [0.1, 0.15) is 0 Å². The largest absolute Gasteiger partial charge is 0.510 e. The molecule has 2 aliphatic carbocycles. The predicted molar refractivity (Wildman–Crippen MR) is 77.9 cm³/mol. The normalized spacial score (nSPS) is 23.6. The van der Waals surface area contributed by atoms with E-state index in [1.54, 1.807) is 0 Å². The highest BCUT2D eigenvalue weighted by Crippen LogP contribution is 2.37. The first-order valence-electron chi connectivity index (χ1n) is 5.79. The molecule has 0 amide bonds. The summed E-state index contributed by atoms with van der Waals surface area (Å²) in [6, 6.07) is 0. The summed E-state index contributed by atoms with van der Waals surface area (Å²) in [5.74, 6) is 1.55. The zero-order valence-electron chi connectivity index (χ0n) is 9.03. The van der Waals surface area contributed by atoms with E-state index in [0.29, 0.717) is 0 Å². The molecular formula is C11H16I2O3. The van der Waals surface area contributed by atoms with Crippen molar-refractivity contribution >= 4 is 51.3 Å². The highest BCUT2D eigenvalue weighted by molar-refractivity contribution is 14.1. The SMILES string of the molecule is O=C(OC(I)CC1CC1)OC(I)CC1CC1. The summed E-state index contributed by atoms with van der Waals surface area (Å²) in [7, 11) is 0. The van der Waals surface area contributed by atoms with Gasteiger partial charge in [-0.05, 0) is 69.9 Å². The lowest BCUT2D eigenvalue weighted by Gasteiger charge is -2.14. The molecule has 0 spiro atoms. The van der Waals surface area contributed by atoms with Crippen LogP contribution in [-0.4, -0.2) is 14.4 Å². The van der Waals surface area contributed by atoms with Crippen LogP contribution in [0.25, 0.3) is 0 Å². The van der Waals surface area contributed by atoms with Crippen molar-refractivity contribution < 1.29 is 14.3 Å². The van der Waals surface area contributed by atoms with E-state index in [0.717, 1.165) is 24.7 Å². The maximum Gasteiger partial charge on any atom is 0.510 e. The number of alkyl halides is 2. The molecule has 0 radical (unpaired) electrons. The summed E-state index contributed by atoms with van der Waals surface area (Å²) in [4.78, 5) is 11.4. The van der Waals surface area contributed by atoms with Crippen molar-refractivity contribution in [2.45, 2.75) is 46.7 Å². The third-order valence-electron chi connectivity index (χ3n) is 2.88. The predicted octanol–water partition coefficient (Wildman–Crippen LogP) is 4.26. The molecule has 0 aromatic carbocycles. The third-order valence-corrected chi connectivity index (χ3v) is 4.40. The quantitative estimate of drug-likeness (QED) is 0.345. The highest BCUT2D eigenvalue weighted by atomic mass is 127. The molecule has 0 saturated heterocycles. The van der Waals surface area contributed by atoms with Gasteiger partial charge in [-0.15, -0.1) is 0 Å². The molecule has 0 heterocycles. The molecule has 2 saturated carbocycles. The number of carbonyl (C=O) groups is 1. The monoisotopic (exact) mass is 450 g/mol. The Labute approximate surface area is 123 Å². The highest BCUT2D eigenvalue weighted by Gasteiger charge is 2.28. The van der Waals surface area contributed by atoms with Gasteiger partial charge in [-0.25, -0.2) is 4.79 Å². The van der Waals surface area contributed by atoms with Gasteiger partial charge in [-0.1, -0.05) is 25.7 Å². The molecule has 5 heteroatoms. The molecule has 2 atom stereocenters. The molecule has 2 rings (SSSR count). The van der Waals surface area contributed by atoms with Crippen molar-refractivity contribution in [3.05, 3.63) is 0 Å². The van der Waals surface area contributed by atoms with E-state index in [9.17, 15) is 4.79 Å². The minimum Gasteiger partial charge on any atom is -0.420 e. The molecule has 16 heavy (non-hydrogen) atoms. The van der Waals surface area contributed by atoms with Gasteiger partial charge in [-0.3, -0.25) is 0 Å². The minimum absolute atomic E-state index is 0.0258. The standard InChI is InChI=1S/C11H16I2O3/c12-9(5-7-1-2-7)15-11(14)16-10(13)6-8-3-4-8/h7-10H,1-6H2. The summed E-state index contributed by atoms with van der Waals surface area (Å²) in [5, 5.41) is 0. The lowest BCUT2D eigenvalue weighted by molar-refractivity contribution is 0.0425. The van der Waals surface area contributed by atoms with Gasteiger partial charge in [-0.2, -0.15) is 0 Å². The zero-order valence-corrected chi connectivity index (χ0v) is 13.3. The Hall–Kier alpha value is 0.730. The fourth-order valence-electron chi connectivity index (χ4n) is 1.56. The van der Waals surface area contributed by atoms with E-state index in [-0.39, 0.29) is 8.22 Å². The lowest BCUT2D eigenvalue weighted by Crippen LogP contribution is -2.18. The summed E-state index contributed by atoms with van der Waals surface area (Å²) in [5.41, 5.74) is 0. The number of rotatable bonds is 6. The summed E-state index contributed by atoms with van der Waals surface area (Å²) in [6.45, 7) is 0. The van der Waals surface area contributed by atoms with Gasteiger partial charge in [0, 0.05) is 0 Å². The number of hydrogen-bond acceptors (Lipinski definition) is 3. The van der Waals surface area contributed by atoms with Crippen LogP contribution in [0, 0.1) is 11.8 Å². The van der Waals surface area contributed by atoms with Crippen molar-refractivity contribution in [1.82, 2.24) is 0 Å². The first-order chi connectivity index (χ1) is 7.63. The molecule has 0 bridgehead atoms. The van der Waals surface area contributed by atoms with Gasteiger partial charge in [0.25, 0.3) is 0 Å². The fourth-order valence-corrected chi connectivity index (χ4v) is 3.42. The summed E-state index contributed by atoms with van der Waals surface area (Å²) in [6.07, 6.45) is 6.60. The van der Waals surface area contributed by atoms with Crippen LogP contribution in [0.2, 0.25) is 0 Å². The molecule has 2 unspecified atom stereocenters. The molecule has 0 N–H and O–H groups in total. The number of hydrogen-bond donors (Lipinski definition) is 0. The first kappa shape index (κ1) is 13.2. The molecule has 0 aromatic heterocycles. The van der Waals surface area contributed by atoms with E-state index in [1.807, 2.05) is 0 Å². The minimum atomic E-state index is -0.500. The Morgan fingerprint density at radius 1 is 1.00 bits per heavy atom. The van der Waals surface area contributed by atoms with Crippen LogP contribution in [0.5, 0.6) is 0 Å². The van der Waals surface area contributed by atoms with Gasteiger partial charge >= 0.3 is 6.16 Å². The Kier molecular flexibility index (Phi) is 4.99. The molecule has 92 valence electrons. The maximum absolute atomic E-state index is 11.4. The second-order valence-corrected chi connectivity index (χ2v) is 7.44. The van der Waals surface area contributed by atoms with Gasteiger partial charge in [0.2, 0.25) is 0 Å². The van der Waals surface area contributed by atoms with E-state index in [1.165, 1.54) is 25.7 Å². The van der Waals surface area contributed by atoms with Crippen LogP contribution in [0.1, 0.15) is 38.5 Å². The smallest absolute Gasteiger partial charge is 0.420 e. The van der Waals surface area contributed by atoms with Crippen LogP contribution >= 0.6 is 45.2 Å². The van der Waals surface area contributed by atoms with Crippen molar-refractivity contribution in [1.29, 1.82) is 0 Å². The van der Waals surface area contributed by atoms with Crippen LogP contribution in [-0.2, 0) is 9.47 Å². The summed E-state index contributed by atoms with van der Waals surface area (Å²) >= 11 is 4.34. The topological polar surface area (TPSA) is 35.5 Å². The molecule has 0 aromatic rings.